The first kappa shape index (κ1) is 18.5. The Morgan fingerprint density at radius 1 is 0.846 bits per heavy atom. The van der Waals surface area contributed by atoms with E-state index in [1.54, 1.807) is 12.1 Å². The Morgan fingerprint density at radius 3 is 2.23 bits per heavy atom. The number of hydrogen-bond acceptors (Lipinski definition) is 3. The van der Waals surface area contributed by atoms with E-state index in [0.717, 1.165) is 22.4 Å². The summed E-state index contributed by atoms with van der Waals surface area (Å²) in [6.07, 6.45) is -0.555. The van der Waals surface area contributed by atoms with Crippen LogP contribution in [0, 0.1) is 0 Å². The number of aliphatic hydroxyl groups excluding tert-OH is 1. The average molecular weight is 368 g/mol. The third-order valence-electron chi connectivity index (χ3n) is 4.09. The van der Waals surface area contributed by atoms with Gasteiger partial charge in [-0.15, -0.1) is 0 Å². The van der Waals surface area contributed by atoms with Crippen LogP contribution in [0.5, 0.6) is 5.75 Å². The summed E-state index contributed by atoms with van der Waals surface area (Å²) in [5.41, 5.74) is 3.14. The van der Waals surface area contributed by atoms with Gasteiger partial charge in [-0.1, -0.05) is 66.2 Å². The monoisotopic (exact) mass is 367 g/mol. The Labute approximate surface area is 159 Å². The quantitative estimate of drug-likeness (QED) is 0.604. The Hall–Kier alpha value is -2.33. The highest BCUT2D eigenvalue weighted by atomic mass is 35.5. The molecular formula is C22H22ClNO2. The zero-order valence-corrected chi connectivity index (χ0v) is 15.2. The number of nitrogens with one attached hydrogen (secondary N) is 1. The van der Waals surface area contributed by atoms with Crippen molar-refractivity contribution in [2.45, 2.75) is 19.3 Å². The van der Waals surface area contributed by atoms with Crippen LogP contribution in [0.25, 0.3) is 0 Å². The normalized spacial score (nSPS) is 11.9. The molecule has 3 aromatic rings. The fraction of sp³-hybridized carbons (Fsp3) is 0.182. The smallest absolute Gasteiger partial charge is 0.119 e. The van der Waals surface area contributed by atoms with Crippen molar-refractivity contribution in [3.63, 3.8) is 0 Å². The van der Waals surface area contributed by atoms with Crippen molar-refractivity contribution in [1.82, 2.24) is 5.32 Å². The van der Waals surface area contributed by atoms with E-state index in [4.69, 9.17) is 16.3 Å². The number of rotatable bonds is 8. The van der Waals surface area contributed by atoms with Gasteiger partial charge in [0.05, 0.1) is 6.10 Å². The lowest BCUT2D eigenvalue weighted by Gasteiger charge is -2.13. The molecule has 0 fully saturated rings. The van der Waals surface area contributed by atoms with Crippen molar-refractivity contribution in [3.8, 4) is 5.75 Å². The van der Waals surface area contributed by atoms with E-state index in [-0.39, 0.29) is 0 Å². The second-order valence-electron chi connectivity index (χ2n) is 6.12. The summed E-state index contributed by atoms with van der Waals surface area (Å²) in [6, 6.07) is 25.3. The first-order valence-electron chi connectivity index (χ1n) is 8.60. The summed E-state index contributed by atoms with van der Waals surface area (Å²) in [5, 5.41) is 14.1. The van der Waals surface area contributed by atoms with Gasteiger partial charge in [0.15, 0.2) is 0 Å². The van der Waals surface area contributed by atoms with Gasteiger partial charge in [-0.2, -0.15) is 0 Å². The first-order valence-corrected chi connectivity index (χ1v) is 8.98. The molecule has 0 bridgehead atoms. The Morgan fingerprint density at radius 2 is 1.54 bits per heavy atom. The van der Waals surface area contributed by atoms with Crippen molar-refractivity contribution >= 4 is 11.6 Å². The molecule has 0 aliphatic rings. The van der Waals surface area contributed by atoms with E-state index in [0.29, 0.717) is 24.7 Å². The largest absolute Gasteiger partial charge is 0.489 e. The van der Waals surface area contributed by atoms with Crippen LogP contribution in [0.1, 0.15) is 22.8 Å². The minimum absolute atomic E-state index is 0.480. The molecule has 3 aromatic carbocycles. The molecular weight excluding hydrogens is 346 g/mol. The van der Waals surface area contributed by atoms with Crippen LogP contribution >= 0.6 is 11.6 Å². The molecule has 1 atom stereocenters. The molecule has 3 nitrogen and oxygen atoms in total. The highest BCUT2D eigenvalue weighted by molar-refractivity contribution is 6.30. The van der Waals surface area contributed by atoms with Crippen LogP contribution in [0.4, 0.5) is 0 Å². The number of halogens is 1. The van der Waals surface area contributed by atoms with Crippen molar-refractivity contribution in [2.24, 2.45) is 0 Å². The molecule has 0 aliphatic heterocycles. The second kappa shape index (κ2) is 9.39. The topological polar surface area (TPSA) is 41.5 Å². The fourth-order valence-corrected chi connectivity index (χ4v) is 2.73. The summed E-state index contributed by atoms with van der Waals surface area (Å²) in [7, 11) is 0. The van der Waals surface area contributed by atoms with Crippen molar-refractivity contribution in [2.75, 3.05) is 6.54 Å². The lowest BCUT2D eigenvalue weighted by Crippen LogP contribution is -2.21. The van der Waals surface area contributed by atoms with Gasteiger partial charge in [-0.25, -0.2) is 0 Å². The molecule has 0 unspecified atom stereocenters. The standard InChI is InChI=1S/C22H22ClNO2/c23-20-10-8-19(9-11-20)22(25)15-24-14-17-6-12-21(13-7-17)26-16-18-4-2-1-3-5-18/h1-13,22,24-25H,14-16H2/t22-/m0/s1. The van der Waals surface area contributed by atoms with Gasteiger partial charge in [0, 0.05) is 18.1 Å². The van der Waals surface area contributed by atoms with Gasteiger partial charge < -0.3 is 15.2 Å². The molecule has 2 N–H and O–H groups in total. The molecule has 134 valence electrons. The van der Waals surface area contributed by atoms with Gasteiger partial charge in [0.2, 0.25) is 0 Å². The van der Waals surface area contributed by atoms with E-state index in [2.05, 4.69) is 5.32 Å². The summed E-state index contributed by atoms with van der Waals surface area (Å²) in [4.78, 5) is 0. The Kier molecular flexibility index (Phi) is 6.67. The molecule has 3 rings (SSSR count). The van der Waals surface area contributed by atoms with E-state index < -0.39 is 6.10 Å². The average Bonchev–Trinajstić information content (AvgIpc) is 2.68. The molecule has 0 amide bonds. The van der Waals surface area contributed by atoms with Gasteiger partial charge in [-0.3, -0.25) is 0 Å². The first-order chi connectivity index (χ1) is 12.7. The molecule has 0 aromatic heterocycles. The van der Waals surface area contributed by atoms with E-state index in [9.17, 15) is 5.11 Å². The van der Waals surface area contributed by atoms with E-state index >= 15 is 0 Å². The highest BCUT2D eigenvalue weighted by Crippen LogP contribution is 2.17. The lowest BCUT2D eigenvalue weighted by atomic mass is 10.1. The zero-order valence-electron chi connectivity index (χ0n) is 14.4. The molecule has 0 saturated carbocycles. The van der Waals surface area contributed by atoms with Crippen LogP contribution in [0.2, 0.25) is 5.02 Å². The van der Waals surface area contributed by atoms with Gasteiger partial charge in [-0.05, 0) is 41.0 Å². The van der Waals surface area contributed by atoms with Crippen LogP contribution in [-0.4, -0.2) is 11.7 Å². The minimum atomic E-state index is -0.555. The van der Waals surface area contributed by atoms with Crippen molar-refractivity contribution in [1.29, 1.82) is 0 Å². The number of hydrogen-bond donors (Lipinski definition) is 2. The van der Waals surface area contributed by atoms with Crippen LogP contribution in [-0.2, 0) is 13.2 Å². The SMILES string of the molecule is O[C@@H](CNCc1ccc(OCc2ccccc2)cc1)c1ccc(Cl)cc1. The predicted molar refractivity (Wildman–Crippen MR) is 105 cm³/mol. The summed E-state index contributed by atoms with van der Waals surface area (Å²) in [5.74, 6) is 0.846. The third-order valence-corrected chi connectivity index (χ3v) is 4.35. The van der Waals surface area contributed by atoms with E-state index in [1.807, 2.05) is 66.7 Å². The zero-order chi connectivity index (χ0) is 18.2. The van der Waals surface area contributed by atoms with Gasteiger partial charge in [0.25, 0.3) is 0 Å². The maximum Gasteiger partial charge on any atom is 0.119 e. The van der Waals surface area contributed by atoms with Gasteiger partial charge in [0.1, 0.15) is 12.4 Å². The van der Waals surface area contributed by atoms with Gasteiger partial charge >= 0.3 is 0 Å². The predicted octanol–water partition coefficient (Wildman–Crippen LogP) is 4.74. The van der Waals surface area contributed by atoms with Crippen LogP contribution in [0.15, 0.2) is 78.9 Å². The second-order valence-corrected chi connectivity index (χ2v) is 6.55. The van der Waals surface area contributed by atoms with E-state index in [1.165, 1.54) is 0 Å². The molecule has 4 heteroatoms. The number of aliphatic hydroxyl groups is 1. The van der Waals surface area contributed by atoms with Crippen molar-refractivity contribution in [3.05, 3.63) is 101 Å². The molecule has 0 heterocycles. The fourth-order valence-electron chi connectivity index (χ4n) is 2.60. The number of benzene rings is 3. The molecule has 0 aliphatic carbocycles. The minimum Gasteiger partial charge on any atom is -0.489 e. The molecule has 0 saturated heterocycles. The summed E-state index contributed by atoms with van der Waals surface area (Å²) in [6.45, 7) is 1.73. The maximum atomic E-state index is 10.2. The molecule has 0 spiro atoms. The summed E-state index contributed by atoms with van der Waals surface area (Å²) < 4.78 is 5.79. The summed E-state index contributed by atoms with van der Waals surface area (Å²) >= 11 is 5.86. The number of ether oxygens (including phenoxy) is 1. The third kappa shape index (κ3) is 5.60. The Balaban J connectivity index is 1.43. The molecule has 0 radical (unpaired) electrons. The maximum absolute atomic E-state index is 10.2. The van der Waals surface area contributed by atoms with Crippen LogP contribution < -0.4 is 10.1 Å². The Bertz CT molecular complexity index is 789. The molecule has 26 heavy (non-hydrogen) atoms. The lowest BCUT2D eigenvalue weighted by molar-refractivity contribution is 0.174. The van der Waals surface area contributed by atoms with Crippen molar-refractivity contribution < 1.29 is 9.84 Å². The highest BCUT2D eigenvalue weighted by Gasteiger charge is 2.06. The van der Waals surface area contributed by atoms with Crippen LogP contribution in [0.3, 0.4) is 0 Å².